The lowest BCUT2D eigenvalue weighted by Gasteiger charge is -2.47. The van der Waals surface area contributed by atoms with Crippen LogP contribution in [0.4, 0.5) is 0 Å². The number of hydrogen-bond donors (Lipinski definition) is 0. The fourth-order valence-corrected chi connectivity index (χ4v) is 7.44. The molecule has 7 atom stereocenters. The van der Waals surface area contributed by atoms with Gasteiger partial charge >= 0.3 is 0 Å². The van der Waals surface area contributed by atoms with E-state index in [-0.39, 0.29) is 11.7 Å². The molecule has 1 aliphatic heterocycles. The van der Waals surface area contributed by atoms with Crippen molar-refractivity contribution in [3.8, 4) is 0 Å². The van der Waals surface area contributed by atoms with Crippen molar-refractivity contribution in [3.63, 3.8) is 0 Å². The van der Waals surface area contributed by atoms with Crippen LogP contribution in [0.25, 0.3) is 0 Å². The molecule has 2 nitrogen and oxygen atoms in total. The smallest absolute Gasteiger partial charge is 0.186 e. The number of allylic oxidation sites excluding steroid dienone is 1. The van der Waals surface area contributed by atoms with E-state index in [4.69, 9.17) is 9.47 Å². The Morgan fingerprint density at radius 1 is 1.00 bits per heavy atom. The molecule has 0 aromatic rings. The molecule has 0 amide bonds. The molecule has 0 N–H and O–H groups in total. The molecule has 1 heterocycles. The fourth-order valence-electron chi connectivity index (χ4n) is 7.44. The summed E-state index contributed by atoms with van der Waals surface area (Å²) in [4.78, 5) is 0. The highest BCUT2D eigenvalue weighted by Gasteiger charge is 2.74. The van der Waals surface area contributed by atoms with Crippen molar-refractivity contribution >= 4 is 0 Å². The minimum atomic E-state index is -0.549. The van der Waals surface area contributed by atoms with Gasteiger partial charge in [0.25, 0.3) is 0 Å². The minimum absolute atomic E-state index is 0.139. The van der Waals surface area contributed by atoms with Crippen LogP contribution < -0.4 is 0 Å². The first-order valence-electron chi connectivity index (χ1n) is 9.57. The SMILES string of the molecule is CC(C)=C[C@]1(C)O[C@H]2C[C@@]34C[C@H](C(C)(C)[C@@H]3CC[C@H]4C)[C@@]2(C)O1. The summed E-state index contributed by atoms with van der Waals surface area (Å²) in [7, 11) is 0. The van der Waals surface area contributed by atoms with Gasteiger partial charge in [-0.3, -0.25) is 0 Å². The molecule has 0 unspecified atom stereocenters. The molecule has 2 bridgehead atoms. The van der Waals surface area contributed by atoms with Gasteiger partial charge in [0.05, 0.1) is 11.7 Å². The van der Waals surface area contributed by atoms with Gasteiger partial charge in [-0.15, -0.1) is 0 Å². The van der Waals surface area contributed by atoms with Gasteiger partial charge in [-0.1, -0.05) is 26.3 Å². The van der Waals surface area contributed by atoms with Gasteiger partial charge < -0.3 is 9.47 Å². The van der Waals surface area contributed by atoms with Crippen molar-refractivity contribution in [2.75, 3.05) is 0 Å². The van der Waals surface area contributed by atoms with E-state index in [1.54, 1.807) is 0 Å². The summed E-state index contributed by atoms with van der Waals surface area (Å²) in [6.07, 6.45) is 7.75. The lowest BCUT2D eigenvalue weighted by molar-refractivity contribution is -0.158. The van der Waals surface area contributed by atoms with E-state index in [1.807, 2.05) is 0 Å². The zero-order chi connectivity index (χ0) is 16.8. The maximum absolute atomic E-state index is 6.72. The predicted octanol–water partition coefficient (Wildman–Crippen LogP) is 5.33. The number of ether oxygens (including phenoxy) is 2. The highest BCUT2D eigenvalue weighted by molar-refractivity contribution is 5.23. The Morgan fingerprint density at radius 2 is 1.70 bits per heavy atom. The number of rotatable bonds is 1. The largest absolute Gasteiger partial charge is 0.340 e. The maximum Gasteiger partial charge on any atom is 0.186 e. The van der Waals surface area contributed by atoms with Crippen LogP contribution in [0.15, 0.2) is 11.6 Å². The summed E-state index contributed by atoms with van der Waals surface area (Å²) in [5.41, 5.74) is 1.98. The van der Waals surface area contributed by atoms with Crippen molar-refractivity contribution in [2.45, 2.75) is 91.6 Å². The van der Waals surface area contributed by atoms with Crippen LogP contribution in [0, 0.1) is 28.6 Å². The van der Waals surface area contributed by atoms with Gasteiger partial charge in [-0.05, 0) is 88.0 Å². The Labute approximate surface area is 142 Å². The van der Waals surface area contributed by atoms with Gasteiger partial charge in [0.15, 0.2) is 5.79 Å². The van der Waals surface area contributed by atoms with Crippen LogP contribution in [0.2, 0.25) is 0 Å². The van der Waals surface area contributed by atoms with E-state index in [0.717, 1.165) is 11.8 Å². The maximum atomic E-state index is 6.72. The second kappa shape index (κ2) is 4.43. The summed E-state index contributed by atoms with van der Waals surface area (Å²) in [5.74, 6) is 1.74. The monoisotopic (exact) mass is 318 g/mol. The second-order valence-corrected chi connectivity index (χ2v) is 10.2. The standard InChI is InChI=1S/C21H34O2/c1-13(2)10-19(6)22-17-12-21-11-16(20(17,7)23-19)18(4,5)15(21)9-8-14(21)3/h10,14-17H,8-9,11-12H2,1-7H3/t14-,15+,16-,17+,19-,20-,21-/m1/s1. The molecule has 130 valence electrons. The highest BCUT2D eigenvalue weighted by Crippen LogP contribution is 2.75. The molecule has 4 aliphatic rings. The van der Waals surface area contributed by atoms with Gasteiger partial charge in [-0.25, -0.2) is 0 Å². The van der Waals surface area contributed by atoms with Gasteiger partial charge in [-0.2, -0.15) is 0 Å². The minimum Gasteiger partial charge on any atom is -0.340 e. The second-order valence-electron chi connectivity index (χ2n) is 10.2. The van der Waals surface area contributed by atoms with Crippen molar-refractivity contribution in [1.29, 1.82) is 0 Å². The summed E-state index contributed by atoms with van der Waals surface area (Å²) in [6.45, 7) is 16.2. The lowest BCUT2D eigenvalue weighted by Crippen LogP contribution is -2.52. The van der Waals surface area contributed by atoms with E-state index in [0.29, 0.717) is 16.7 Å². The molecule has 1 saturated heterocycles. The molecular weight excluding hydrogens is 284 g/mol. The predicted molar refractivity (Wildman–Crippen MR) is 93.0 cm³/mol. The molecule has 2 heteroatoms. The zero-order valence-electron chi connectivity index (χ0n) is 16.0. The van der Waals surface area contributed by atoms with E-state index in [9.17, 15) is 0 Å². The summed E-state index contributed by atoms with van der Waals surface area (Å²) in [5, 5.41) is 0. The number of hydrogen-bond acceptors (Lipinski definition) is 2. The van der Waals surface area contributed by atoms with Crippen molar-refractivity contribution in [1.82, 2.24) is 0 Å². The third-order valence-corrected chi connectivity index (χ3v) is 8.19. The molecule has 4 rings (SSSR count). The van der Waals surface area contributed by atoms with Gasteiger partial charge in [0.1, 0.15) is 0 Å². The average Bonchev–Trinajstić information content (AvgIpc) is 2.90. The number of fused-ring (bicyclic) bond motifs is 3. The summed E-state index contributed by atoms with van der Waals surface area (Å²) >= 11 is 0. The Bertz CT molecular complexity index is 560. The Hall–Kier alpha value is -0.340. The first kappa shape index (κ1) is 16.1. The van der Waals surface area contributed by atoms with E-state index in [1.165, 1.54) is 31.3 Å². The first-order chi connectivity index (χ1) is 10.5. The van der Waals surface area contributed by atoms with E-state index in [2.05, 4.69) is 54.5 Å². The molecule has 1 spiro atoms. The van der Waals surface area contributed by atoms with Gasteiger partial charge in [0, 0.05) is 0 Å². The molecule has 0 radical (unpaired) electrons. The van der Waals surface area contributed by atoms with Gasteiger partial charge in [0.2, 0.25) is 0 Å². The van der Waals surface area contributed by atoms with Crippen molar-refractivity contribution < 1.29 is 9.47 Å². The topological polar surface area (TPSA) is 18.5 Å². The van der Waals surface area contributed by atoms with E-state index >= 15 is 0 Å². The molecular formula is C21H34O2. The quantitative estimate of drug-likeness (QED) is 0.609. The Morgan fingerprint density at radius 3 is 2.35 bits per heavy atom. The molecule has 3 aliphatic carbocycles. The molecule has 4 fully saturated rings. The molecule has 23 heavy (non-hydrogen) atoms. The summed E-state index contributed by atoms with van der Waals surface area (Å²) < 4.78 is 13.3. The molecule has 0 aromatic carbocycles. The Balaban J connectivity index is 1.77. The van der Waals surface area contributed by atoms with E-state index < -0.39 is 5.79 Å². The normalized spacial score (nSPS) is 56.3. The van der Waals surface area contributed by atoms with Crippen LogP contribution in [-0.4, -0.2) is 17.5 Å². The molecule has 3 saturated carbocycles. The van der Waals surface area contributed by atoms with Crippen LogP contribution in [0.1, 0.15) is 74.1 Å². The third-order valence-electron chi connectivity index (χ3n) is 8.19. The fraction of sp³-hybridized carbons (Fsp3) is 0.905. The zero-order valence-corrected chi connectivity index (χ0v) is 16.0. The first-order valence-corrected chi connectivity index (χ1v) is 9.57. The van der Waals surface area contributed by atoms with Crippen molar-refractivity contribution in [3.05, 3.63) is 11.6 Å². The third kappa shape index (κ3) is 1.88. The van der Waals surface area contributed by atoms with Crippen LogP contribution in [0.3, 0.4) is 0 Å². The van der Waals surface area contributed by atoms with Crippen molar-refractivity contribution in [2.24, 2.45) is 28.6 Å². The molecule has 0 aromatic heterocycles. The van der Waals surface area contributed by atoms with Crippen LogP contribution in [-0.2, 0) is 9.47 Å². The summed E-state index contributed by atoms with van der Waals surface area (Å²) in [6, 6.07) is 0. The van der Waals surface area contributed by atoms with Crippen LogP contribution in [0.5, 0.6) is 0 Å². The average molecular weight is 319 g/mol. The van der Waals surface area contributed by atoms with Crippen LogP contribution >= 0.6 is 0 Å². The Kier molecular flexibility index (Phi) is 3.11. The highest BCUT2D eigenvalue weighted by atomic mass is 16.8. The lowest BCUT2D eigenvalue weighted by atomic mass is 9.63.